The van der Waals surface area contributed by atoms with Crippen LogP contribution in [0.1, 0.15) is 20.9 Å². The third kappa shape index (κ3) is 4.03. The minimum absolute atomic E-state index is 0.0715. The first kappa shape index (κ1) is 15.5. The van der Waals surface area contributed by atoms with Crippen LogP contribution in [-0.2, 0) is 11.3 Å². The fourth-order valence-electron chi connectivity index (χ4n) is 1.98. The molecule has 5 nitrogen and oxygen atoms in total. The molecular weight excluding hydrogens is 286 g/mol. The molecule has 0 saturated carbocycles. The number of anilines is 1. The average molecular weight is 305 g/mol. The fourth-order valence-corrected chi connectivity index (χ4v) is 2.70. The van der Waals surface area contributed by atoms with E-state index >= 15 is 0 Å². The highest BCUT2D eigenvalue weighted by atomic mass is 32.1. The van der Waals surface area contributed by atoms with E-state index < -0.39 is 0 Å². The van der Waals surface area contributed by atoms with Crippen LogP contribution >= 0.6 is 11.3 Å². The number of ether oxygens (including phenoxy) is 1. The van der Waals surface area contributed by atoms with Crippen molar-refractivity contribution in [3.05, 3.63) is 45.9 Å². The maximum atomic E-state index is 12.7. The van der Waals surface area contributed by atoms with Gasteiger partial charge in [0.15, 0.2) is 0 Å². The number of nitrogens with zero attached hydrogens (tertiary/aromatic N) is 2. The van der Waals surface area contributed by atoms with Gasteiger partial charge in [-0.15, -0.1) is 11.3 Å². The second-order valence-corrected chi connectivity index (χ2v) is 5.73. The van der Waals surface area contributed by atoms with Crippen molar-refractivity contribution in [1.82, 2.24) is 9.88 Å². The van der Waals surface area contributed by atoms with Gasteiger partial charge in [0, 0.05) is 18.5 Å². The Bertz CT molecular complexity index is 599. The van der Waals surface area contributed by atoms with Gasteiger partial charge in [-0.1, -0.05) is 6.07 Å². The molecule has 0 aliphatic heterocycles. The first-order chi connectivity index (χ1) is 10.1. The largest absolute Gasteiger partial charge is 0.397 e. The molecule has 0 aromatic carbocycles. The van der Waals surface area contributed by atoms with Gasteiger partial charge in [0.05, 0.1) is 36.3 Å². The molecule has 2 rings (SSSR count). The first-order valence-corrected chi connectivity index (χ1v) is 7.52. The first-order valence-electron chi connectivity index (χ1n) is 6.64. The lowest BCUT2D eigenvalue weighted by atomic mass is 10.1. The number of thiophene rings is 1. The average Bonchev–Trinajstić information content (AvgIpc) is 2.98. The molecule has 0 bridgehead atoms. The van der Waals surface area contributed by atoms with Crippen LogP contribution in [0.4, 0.5) is 5.69 Å². The summed E-state index contributed by atoms with van der Waals surface area (Å²) >= 11 is 1.63. The lowest BCUT2D eigenvalue weighted by Gasteiger charge is -2.22. The smallest absolute Gasteiger partial charge is 0.256 e. The van der Waals surface area contributed by atoms with Crippen LogP contribution in [0.3, 0.4) is 0 Å². The molecule has 2 aromatic rings. The molecule has 0 spiro atoms. The molecule has 2 heterocycles. The third-order valence-electron chi connectivity index (χ3n) is 3.12. The number of amides is 1. The molecule has 0 fully saturated rings. The molecule has 0 aliphatic carbocycles. The van der Waals surface area contributed by atoms with Crippen LogP contribution in [0.25, 0.3) is 0 Å². The van der Waals surface area contributed by atoms with Crippen LogP contribution in [0.5, 0.6) is 0 Å². The van der Waals surface area contributed by atoms with Gasteiger partial charge in [-0.2, -0.15) is 0 Å². The van der Waals surface area contributed by atoms with Crippen LogP contribution < -0.4 is 5.73 Å². The normalized spacial score (nSPS) is 10.6. The van der Waals surface area contributed by atoms with Gasteiger partial charge in [0.25, 0.3) is 5.91 Å². The van der Waals surface area contributed by atoms with Crippen LogP contribution in [0.15, 0.2) is 29.8 Å². The summed E-state index contributed by atoms with van der Waals surface area (Å²) in [6.07, 6.45) is 1.56. The van der Waals surface area contributed by atoms with Crippen molar-refractivity contribution in [3.63, 3.8) is 0 Å². The van der Waals surface area contributed by atoms with Crippen molar-refractivity contribution in [1.29, 1.82) is 0 Å². The van der Waals surface area contributed by atoms with Crippen molar-refractivity contribution in [2.24, 2.45) is 0 Å². The number of aryl methyl sites for hydroxylation is 1. The number of nitrogens with two attached hydrogens (primary N) is 1. The van der Waals surface area contributed by atoms with Crippen molar-refractivity contribution < 1.29 is 9.53 Å². The van der Waals surface area contributed by atoms with Crippen molar-refractivity contribution in [3.8, 4) is 0 Å². The minimum Gasteiger partial charge on any atom is -0.397 e. The molecule has 0 saturated heterocycles. The number of rotatable bonds is 6. The highest BCUT2D eigenvalue weighted by molar-refractivity contribution is 7.09. The summed E-state index contributed by atoms with van der Waals surface area (Å²) in [5.74, 6) is -0.0715. The highest BCUT2D eigenvalue weighted by Crippen LogP contribution is 2.17. The van der Waals surface area contributed by atoms with E-state index in [-0.39, 0.29) is 5.91 Å². The molecule has 0 aliphatic rings. The van der Waals surface area contributed by atoms with Crippen LogP contribution in [-0.4, -0.2) is 36.1 Å². The Morgan fingerprint density at radius 3 is 3.00 bits per heavy atom. The SMILES string of the molecule is COCCN(Cc1cccs1)C(=O)c1cc(N)cnc1C. The summed E-state index contributed by atoms with van der Waals surface area (Å²) in [4.78, 5) is 19.8. The Morgan fingerprint density at radius 1 is 1.52 bits per heavy atom. The van der Waals surface area contributed by atoms with E-state index in [0.717, 1.165) is 4.88 Å². The van der Waals surface area contributed by atoms with Gasteiger partial charge in [0.1, 0.15) is 0 Å². The molecule has 0 unspecified atom stereocenters. The maximum Gasteiger partial charge on any atom is 0.256 e. The van der Waals surface area contributed by atoms with E-state index in [0.29, 0.717) is 36.6 Å². The molecule has 2 N–H and O–H groups in total. The summed E-state index contributed by atoms with van der Waals surface area (Å²) in [6, 6.07) is 5.67. The van der Waals surface area contributed by atoms with Crippen LogP contribution in [0, 0.1) is 6.92 Å². The number of hydrogen-bond acceptors (Lipinski definition) is 5. The molecular formula is C15H19N3O2S. The molecule has 21 heavy (non-hydrogen) atoms. The van der Waals surface area contributed by atoms with Crippen molar-refractivity contribution >= 4 is 22.9 Å². The van der Waals surface area contributed by atoms with Gasteiger partial charge >= 0.3 is 0 Å². The van der Waals surface area contributed by atoms with E-state index in [1.165, 1.54) is 0 Å². The predicted octanol–water partition coefficient (Wildman–Crippen LogP) is 2.32. The predicted molar refractivity (Wildman–Crippen MR) is 84.3 cm³/mol. The van der Waals surface area contributed by atoms with Crippen LogP contribution in [0.2, 0.25) is 0 Å². The highest BCUT2D eigenvalue weighted by Gasteiger charge is 2.19. The number of hydrogen-bond donors (Lipinski definition) is 1. The lowest BCUT2D eigenvalue weighted by molar-refractivity contribution is 0.0681. The second kappa shape index (κ2) is 7.19. The van der Waals surface area contributed by atoms with Crippen molar-refractivity contribution in [2.45, 2.75) is 13.5 Å². The Kier molecular flexibility index (Phi) is 5.30. The quantitative estimate of drug-likeness (QED) is 0.889. The van der Waals surface area contributed by atoms with E-state index in [2.05, 4.69) is 4.98 Å². The van der Waals surface area contributed by atoms with Gasteiger partial charge in [-0.05, 0) is 24.4 Å². The Morgan fingerprint density at radius 2 is 2.33 bits per heavy atom. The number of nitrogen functional groups attached to an aromatic ring is 1. The molecule has 6 heteroatoms. The third-order valence-corrected chi connectivity index (χ3v) is 3.98. The maximum absolute atomic E-state index is 12.7. The number of carbonyl (C=O) groups is 1. The number of carbonyl (C=O) groups excluding carboxylic acids is 1. The summed E-state index contributed by atoms with van der Waals surface area (Å²) < 4.78 is 5.10. The van der Waals surface area contributed by atoms with E-state index in [9.17, 15) is 4.79 Å². The molecule has 112 valence electrons. The number of methoxy groups -OCH3 is 1. The monoisotopic (exact) mass is 305 g/mol. The summed E-state index contributed by atoms with van der Waals surface area (Å²) in [5.41, 5.74) is 7.47. The second-order valence-electron chi connectivity index (χ2n) is 4.70. The molecule has 1 amide bonds. The Labute approximate surface area is 128 Å². The molecule has 0 atom stereocenters. The summed E-state index contributed by atoms with van der Waals surface area (Å²) in [5, 5.41) is 2.00. The van der Waals surface area contributed by atoms with Gasteiger partial charge < -0.3 is 15.4 Å². The minimum atomic E-state index is -0.0715. The molecule has 2 aromatic heterocycles. The van der Waals surface area contributed by atoms with Crippen molar-refractivity contribution in [2.75, 3.05) is 26.0 Å². The number of aromatic nitrogens is 1. The number of pyridine rings is 1. The zero-order valence-electron chi connectivity index (χ0n) is 12.2. The van der Waals surface area contributed by atoms with E-state index in [4.69, 9.17) is 10.5 Å². The fraction of sp³-hybridized carbons (Fsp3) is 0.333. The lowest BCUT2D eigenvalue weighted by Crippen LogP contribution is -2.33. The zero-order valence-corrected chi connectivity index (χ0v) is 13.0. The van der Waals surface area contributed by atoms with Gasteiger partial charge in [-0.3, -0.25) is 9.78 Å². The van der Waals surface area contributed by atoms with Gasteiger partial charge in [-0.25, -0.2) is 0 Å². The Hall–Kier alpha value is -1.92. The summed E-state index contributed by atoms with van der Waals surface area (Å²) in [7, 11) is 1.63. The van der Waals surface area contributed by atoms with E-state index in [1.807, 2.05) is 24.4 Å². The standard InChI is InChI=1S/C15H19N3O2S/c1-11-14(8-12(16)9-17-11)15(19)18(5-6-20-2)10-13-4-3-7-21-13/h3-4,7-9H,5-6,10,16H2,1-2H3. The van der Waals surface area contributed by atoms with E-state index in [1.54, 1.807) is 35.6 Å². The summed E-state index contributed by atoms with van der Waals surface area (Å²) in [6.45, 7) is 3.40. The van der Waals surface area contributed by atoms with Gasteiger partial charge in [0.2, 0.25) is 0 Å². The molecule has 0 radical (unpaired) electrons. The zero-order chi connectivity index (χ0) is 15.2. The topological polar surface area (TPSA) is 68.5 Å². The Balaban J connectivity index is 2.22.